The minimum atomic E-state index is -0.598. The van der Waals surface area contributed by atoms with E-state index in [1.165, 1.54) is 11.3 Å². The highest BCUT2D eigenvalue weighted by Crippen LogP contribution is 2.11. The third-order valence-corrected chi connectivity index (χ3v) is 3.16. The molecule has 0 aromatic carbocycles. The van der Waals surface area contributed by atoms with Gasteiger partial charge in [0.1, 0.15) is 16.6 Å². The van der Waals surface area contributed by atoms with E-state index in [1.807, 2.05) is 12.3 Å². The van der Waals surface area contributed by atoms with Gasteiger partial charge < -0.3 is 11.1 Å². The van der Waals surface area contributed by atoms with Crippen LogP contribution in [0.1, 0.15) is 21.1 Å². The van der Waals surface area contributed by atoms with Crippen molar-refractivity contribution < 1.29 is 9.18 Å². The van der Waals surface area contributed by atoms with Crippen LogP contribution in [-0.4, -0.2) is 15.9 Å². The third kappa shape index (κ3) is 2.80. The number of pyridine rings is 1. The maximum atomic E-state index is 13.0. The number of thiazole rings is 1. The van der Waals surface area contributed by atoms with Gasteiger partial charge in [0, 0.05) is 11.1 Å². The summed E-state index contributed by atoms with van der Waals surface area (Å²) in [4.78, 5) is 19.6. The number of nitrogens with zero attached hydrogens (tertiary/aromatic N) is 2. The zero-order valence-corrected chi connectivity index (χ0v) is 10.4. The molecule has 0 aliphatic heterocycles. The van der Waals surface area contributed by atoms with Crippen molar-refractivity contribution in [1.29, 1.82) is 0 Å². The zero-order valence-electron chi connectivity index (χ0n) is 9.61. The van der Waals surface area contributed by atoms with E-state index in [9.17, 15) is 9.18 Å². The molecule has 2 aromatic heterocycles. The Bertz CT molecular complexity index is 584. The van der Waals surface area contributed by atoms with Gasteiger partial charge in [-0.25, -0.2) is 14.4 Å². The summed E-state index contributed by atoms with van der Waals surface area (Å²) in [5.41, 5.74) is 6.44. The third-order valence-electron chi connectivity index (χ3n) is 2.20. The number of nitrogens with two attached hydrogens (primary N) is 1. The Balaban J connectivity index is 2.05. The second-order valence-corrected chi connectivity index (χ2v) is 4.59. The minimum absolute atomic E-state index is 0.00391. The Kier molecular flexibility index (Phi) is 3.52. The number of hydrogen-bond donors (Lipinski definition) is 2. The molecule has 2 rings (SSSR count). The molecule has 0 aliphatic carbocycles. The Labute approximate surface area is 107 Å². The van der Waals surface area contributed by atoms with Crippen LogP contribution in [0.3, 0.4) is 0 Å². The van der Waals surface area contributed by atoms with E-state index in [-0.39, 0.29) is 17.9 Å². The van der Waals surface area contributed by atoms with Crippen LogP contribution in [0.25, 0.3) is 0 Å². The second kappa shape index (κ2) is 5.09. The molecule has 5 nitrogen and oxygen atoms in total. The average Bonchev–Trinajstić information content (AvgIpc) is 2.75. The Hall–Kier alpha value is -2.02. The van der Waals surface area contributed by atoms with Gasteiger partial charge in [-0.2, -0.15) is 0 Å². The van der Waals surface area contributed by atoms with Crippen molar-refractivity contribution in [1.82, 2.24) is 15.3 Å². The van der Waals surface area contributed by atoms with Crippen LogP contribution in [0.2, 0.25) is 0 Å². The molecule has 0 spiro atoms. The van der Waals surface area contributed by atoms with E-state index >= 15 is 0 Å². The number of hydrogen-bond acceptors (Lipinski definition) is 5. The molecule has 18 heavy (non-hydrogen) atoms. The Morgan fingerprint density at radius 3 is 3.06 bits per heavy atom. The highest BCUT2D eigenvalue weighted by molar-refractivity contribution is 7.09. The fourth-order valence-corrected chi connectivity index (χ4v) is 2.08. The van der Waals surface area contributed by atoms with Gasteiger partial charge in [0.15, 0.2) is 0 Å². The first-order chi connectivity index (χ1) is 8.56. The molecule has 0 fully saturated rings. The van der Waals surface area contributed by atoms with Crippen LogP contribution >= 0.6 is 11.3 Å². The number of carbonyl (C=O) groups excluding carboxylic acids is 1. The lowest BCUT2D eigenvalue weighted by Gasteiger charge is -2.05. The molecule has 2 heterocycles. The molecule has 0 radical (unpaired) electrons. The highest BCUT2D eigenvalue weighted by atomic mass is 32.1. The lowest BCUT2D eigenvalue weighted by molar-refractivity contribution is 0.0951. The largest absolute Gasteiger partial charge is 0.383 e. The standard InChI is InChI=1S/C11H11FN4OS/c1-6-5-18-9(16-6)4-15-11(17)8-2-7(12)3-14-10(8)13/h2-3,5H,4H2,1H3,(H2,13,14)(H,15,17). The molecule has 0 aliphatic rings. The van der Waals surface area contributed by atoms with E-state index in [1.54, 1.807) is 0 Å². The maximum Gasteiger partial charge on any atom is 0.255 e. The number of nitrogens with one attached hydrogen (secondary N) is 1. The van der Waals surface area contributed by atoms with E-state index in [0.29, 0.717) is 0 Å². The Morgan fingerprint density at radius 1 is 1.61 bits per heavy atom. The summed E-state index contributed by atoms with van der Waals surface area (Å²) in [5, 5.41) is 5.29. The lowest BCUT2D eigenvalue weighted by Crippen LogP contribution is -2.24. The Morgan fingerprint density at radius 2 is 2.39 bits per heavy atom. The van der Waals surface area contributed by atoms with Crippen LogP contribution < -0.4 is 11.1 Å². The molecule has 3 N–H and O–H groups in total. The zero-order chi connectivity index (χ0) is 13.1. The van der Waals surface area contributed by atoms with Crippen LogP contribution in [0.15, 0.2) is 17.6 Å². The molecule has 94 valence electrons. The first-order valence-corrected chi connectivity index (χ1v) is 6.04. The number of carbonyl (C=O) groups is 1. The number of aryl methyl sites for hydroxylation is 1. The summed E-state index contributed by atoms with van der Waals surface area (Å²) in [5.74, 6) is -1.06. The normalized spacial score (nSPS) is 10.3. The molecular formula is C11H11FN4OS. The van der Waals surface area contributed by atoms with Gasteiger partial charge in [-0.1, -0.05) is 0 Å². The van der Waals surface area contributed by atoms with Crippen molar-refractivity contribution in [3.05, 3.63) is 39.7 Å². The number of nitrogen functional groups attached to an aromatic ring is 1. The van der Waals surface area contributed by atoms with Gasteiger partial charge in [-0.05, 0) is 13.0 Å². The summed E-state index contributed by atoms with van der Waals surface area (Å²) in [6, 6.07) is 1.06. The number of halogens is 1. The fourth-order valence-electron chi connectivity index (χ4n) is 1.37. The maximum absolute atomic E-state index is 13.0. The average molecular weight is 266 g/mol. The van der Waals surface area contributed by atoms with Crippen molar-refractivity contribution in [2.24, 2.45) is 0 Å². The summed E-state index contributed by atoms with van der Waals surface area (Å²) in [6.45, 7) is 2.16. The van der Waals surface area contributed by atoms with E-state index in [4.69, 9.17) is 5.73 Å². The van der Waals surface area contributed by atoms with E-state index in [2.05, 4.69) is 15.3 Å². The molecular weight excluding hydrogens is 255 g/mol. The number of anilines is 1. The summed E-state index contributed by atoms with van der Waals surface area (Å²) in [6.07, 6.45) is 0.969. The smallest absolute Gasteiger partial charge is 0.255 e. The summed E-state index contributed by atoms with van der Waals surface area (Å²) < 4.78 is 13.0. The van der Waals surface area contributed by atoms with Crippen molar-refractivity contribution in [3.63, 3.8) is 0 Å². The number of amides is 1. The van der Waals surface area contributed by atoms with Crippen molar-refractivity contribution >= 4 is 23.1 Å². The van der Waals surface area contributed by atoms with Crippen molar-refractivity contribution in [2.75, 3.05) is 5.73 Å². The van der Waals surface area contributed by atoms with E-state index < -0.39 is 11.7 Å². The van der Waals surface area contributed by atoms with Gasteiger partial charge >= 0.3 is 0 Å². The van der Waals surface area contributed by atoms with Crippen molar-refractivity contribution in [2.45, 2.75) is 13.5 Å². The monoisotopic (exact) mass is 266 g/mol. The predicted octanol–water partition coefficient (Wildman–Crippen LogP) is 1.50. The highest BCUT2D eigenvalue weighted by Gasteiger charge is 2.12. The quantitative estimate of drug-likeness (QED) is 0.882. The minimum Gasteiger partial charge on any atom is -0.383 e. The molecule has 7 heteroatoms. The molecule has 0 bridgehead atoms. The van der Waals surface area contributed by atoms with Crippen LogP contribution in [0, 0.1) is 12.7 Å². The van der Waals surface area contributed by atoms with Crippen LogP contribution in [-0.2, 0) is 6.54 Å². The van der Waals surface area contributed by atoms with Crippen LogP contribution in [0.5, 0.6) is 0 Å². The molecule has 1 amide bonds. The molecule has 0 unspecified atom stereocenters. The fraction of sp³-hybridized carbons (Fsp3) is 0.182. The topological polar surface area (TPSA) is 80.9 Å². The number of rotatable bonds is 3. The van der Waals surface area contributed by atoms with Gasteiger partial charge in [-0.15, -0.1) is 11.3 Å². The SMILES string of the molecule is Cc1csc(CNC(=O)c2cc(F)cnc2N)n1. The first-order valence-electron chi connectivity index (χ1n) is 5.16. The first kappa shape index (κ1) is 12.4. The van der Waals surface area contributed by atoms with Crippen molar-refractivity contribution in [3.8, 4) is 0 Å². The lowest BCUT2D eigenvalue weighted by atomic mass is 10.2. The van der Waals surface area contributed by atoms with Gasteiger partial charge in [0.2, 0.25) is 0 Å². The van der Waals surface area contributed by atoms with Gasteiger partial charge in [0.25, 0.3) is 5.91 Å². The predicted molar refractivity (Wildman–Crippen MR) is 66.6 cm³/mol. The van der Waals surface area contributed by atoms with Crippen LogP contribution in [0.4, 0.5) is 10.2 Å². The van der Waals surface area contributed by atoms with Gasteiger partial charge in [0.05, 0.1) is 18.3 Å². The molecule has 0 saturated heterocycles. The van der Waals surface area contributed by atoms with Gasteiger partial charge in [-0.3, -0.25) is 4.79 Å². The summed E-state index contributed by atoms with van der Waals surface area (Å²) in [7, 11) is 0. The van der Waals surface area contributed by atoms with E-state index in [0.717, 1.165) is 23.0 Å². The molecule has 0 saturated carbocycles. The molecule has 2 aromatic rings. The molecule has 0 atom stereocenters. The second-order valence-electron chi connectivity index (χ2n) is 3.65. The summed E-state index contributed by atoms with van der Waals surface area (Å²) >= 11 is 1.45. The number of aromatic nitrogens is 2.